The molecule has 33 heavy (non-hydrogen) atoms. The quantitative estimate of drug-likeness (QED) is 0.392. The summed E-state index contributed by atoms with van der Waals surface area (Å²) in [5.74, 6) is -0.777. The van der Waals surface area contributed by atoms with Gasteiger partial charge in [-0.3, -0.25) is 0 Å². The topological polar surface area (TPSA) is 93.1 Å². The first-order chi connectivity index (χ1) is 15.9. The van der Waals surface area contributed by atoms with Crippen LogP contribution in [0.2, 0.25) is 0 Å². The molecule has 166 valence electrons. The number of carbonyl (C=O) groups excluding carboxylic acids is 1. The molecular weight excluding hydrogens is 420 g/mol. The van der Waals surface area contributed by atoms with Gasteiger partial charge in [0, 0.05) is 0 Å². The first-order valence-corrected chi connectivity index (χ1v) is 10.3. The molecule has 2 N–H and O–H groups in total. The molecular formula is C27H22O6. The molecule has 0 bridgehead atoms. The molecule has 0 heterocycles. The van der Waals surface area contributed by atoms with Crippen molar-refractivity contribution in [3.63, 3.8) is 0 Å². The van der Waals surface area contributed by atoms with Gasteiger partial charge in [0.2, 0.25) is 0 Å². The molecule has 6 nitrogen and oxygen atoms in total. The molecule has 4 aromatic carbocycles. The van der Waals surface area contributed by atoms with E-state index in [4.69, 9.17) is 14.6 Å². The predicted molar refractivity (Wildman–Crippen MR) is 124 cm³/mol. The van der Waals surface area contributed by atoms with Crippen LogP contribution in [0.1, 0.15) is 43.5 Å². The molecule has 0 aliphatic heterocycles. The van der Waals surface area contributed by atoms with Crippen LogP contribution in [-0.2, 0) is 11.3 Å². The van der Waals surface area contributed by atoms with E-state index in [1.807, 2.05) is 42.5 Å². The molecule has 0 radical (unpaired) electrons. The van der Waals surface area contributed by atoms with Gasteiger partial charge in [-0.2, -0.15) is 0 Å². The molecule has 0 aliphatic carbocycles. The van der Waals surface area contributed by atoms with Gasteiger partial charge in [-0.25, -0.2) is 9.59 Å². The molecule has 0 amide bonds. The van der Waals surface area contributed by atoms with Crippen LogP contribution in [0.5, 0.6) is 5.75 Å². The van der Waals surface area contributed by atoms with Gasteiger partial charge in [0.25, 0.3) is 0 Å². The number of carboxylic acid groups (broad SMARTS) is 1. The number of aliphatic hydroxyl groups is 1. The van der Waals surface area contributed by atoms with E-state index in [9.17, 15) is 14.7 Å². The minimum absolute atomic E-state index is 0.124. The van der Waals surface area contributed by atoms with Crippen molar-refractivity contribution >= 4 is 22.7 Å². The highest BCUT2D eigenvalue weighted by molar-refractivity contribution is 5.95. The van der Waals surface area contributed by atoms with Crippen molar-refractivity contribution in [2.45, 2.75) is 12.7 Å². The number of hydrogen-bond donors (Lipinski definition) is 2. The molecule has 0 aliphatic rings. The molecule has 1 atom stereocenters. The van der Waals surface area contributed by atoms with E-state index >= 15 is 0 Å². The van der Waals surface area contributed by atoms with Crippen LogP contribution in [0.4, 0.5) is 0 Å². The summed E-state index contributed by atoms with van der Waals surface area (Å²) >= 11 is 0. The lowest BCUT2D eigenvalue weighted by Gasteiger charge is -2.13. The van der Waals surface area contributed by atoms with Crippen molar-refractivity contribution in [1.82, 2.24) is 0 Å². The van der Waals surface area contributed by atoms with E-state index < -0.39 is 18.0 Å². The van der Waals surface area contributed by atoms with Crippen LogP contribution in [0.3, 0.4) is 0 Å². The molecule has 0 saturated heterocycles. The van der Waals surface area contributed by atoms with Crippen LogP contribution < -0.4 is 4.74 Å². The van der Waals surface area contributed by atoms with Gasteiger partial charge in [0.05, 0.1) is 18.2 Å². The molecule has 0 aromatic heterocycles. The standard InChI is InChI=1S/C27H22O6/c1-32-24-4-2-3-17(13-24)16-33-27(31)22-12-6-18-5-11-21(14-23(18)15-22)25(28)19-7-9-20(10-8-19)26(29)30/h2-15,25,28H,16H2,1H3,(H,29,30). The zero-order valence-electron chi connectivity index (χ0n) is 17.9. The van der Waals surface area contributed by atoms with Gasteiger partial charge in [0.15, 0.2) is 0 Å². The third kappa shape index (κ3) is 5.02. The van der Waals surface area contributed by atoms with Gasteiger partial charge in [0.1, 0.15) is 18.5 Å². The van der Waals surface area contributed by atoms with Crippen LogP contribution in [-0.4, -0.2) is 29.3 Å². The number of fused-ring (bicyclic) bond motifs is 1. The summed E-state index contributed by atoms with van der Waals surface area (Å²) in [4.78, 5) is 23.6. The maximum atomic E-state index is 12.6. The minimum atomic E-state index is -1.02. The Morgan fingerprint density at radius 2 is 1.52 bits per heavy atom. The second-order valence-electron chi connectivity index (χ2n) is 7.58. The Bertz CT molecular complexity index is 1310. The van der Waals surface area contributed by atoms with E-state index in [2.05, 4.69) is 0 Å². The Morgan fingerprint density at radius 3 is 2.24 bits per heavy atom. The number of aliphatic hydroxyl groups excluding tert-OH is 1. The Labute approximate surface area is 190 Å². The molecule has 0 fully saturated rings. The lowest BCUT2D eigenvalue weighted by atomic mass is 9.97. The number of ether oxygens (including phenoxy) is 2. The molecule has 0 saturated carbocycles. The highest BCUT2D eigenvalue weighted by Gasteiger charge is 2.14. The number of esters is 1. The third-order valence-electron chi connectivity index (χ3n) is 5.39. The summed E-state index contributed by atoms with van der Waals surface area (Å²) < 4.78 is 10.6. The van der Waals surface area contributed by atoms with Gasteiger partial charge in [-0.1, -0.05) is 42.5 Å². The zero-order chi connectivity index (χ0) is 23.4. The molecule has 4 rings (SSSR count). The van der Waals surface area contributed by atoms with Crippen molar-refractivity contribution in [1.29, 1.82) is 0 Å². The second-order valence-corrected chi connectivity index (χ2v) is 7.58. The fourth-order valence-electron chi connectivity index (χ4n) is 3.56. The second kappa shape index (κ2) is 9.54. The highest BCUT2D eigenvalue weighted by atomic mass is 16.5. The number of carboxylic acids is 1. The van der Waals surface area contributed by atoms with E-state index in [1.165, 1.54) is 12.1 Å². The third-order valence-corrected chi connectivity index (χ3v) is 5.39. The Hall–Kier alpha value is -4.16. The zero-order valence-corrected chi connectivity index (χ0v) is 17.9. The Balaban J connectivity index is 1.52. The maximum absolute atomic E-state index is 12.6. The van der Waals surface area contributed by atoms with E-state index in [0.717, 1.165) is 16.3 Å². The lowest BCUT2D eigenvalue weighted by molar-refractivity contribution is 0.0472. The SMILES string of the molecule is COc1cccc(COC(=O)c2ccc3ccc(C(O)c4ccc(C(=O)O)cc4)cc3c2)c1. The van der Waals surface area contributed by atoms with Gasteiger partial charge < -0.3 is 19.7 Å². The molecule has 6 heteroatoms. The number of carbonyl (C=O) groups is 2. The highest BCUT2D eigenvalue weighted by Crippen LogP contribution is 2.27. The van der Waals surface area contributed by atoms with Crippen LogP contribution >= 0.6 is 0 Å². The van der Waals surface area contributed by atoms with Gasteiger partial charge >= 0.3 is 11.9 Å². The minimum Gasteiger partial charge on any atom is -0.497 e. The molecule has 1 unspecified atom stereocenters. The Kier molecular flexibility index (Phi) is 6.38. The summed E-state index contributed by atoms with van der Waals surface area (Å²) in [6, 6.07) is 24.2. The van der Waals surface area contributed by atoms with Crippen molar-refractivity contribution in [2.24, 2.45) is 0 Å². The summed E-state index contributed by atoms with van der Waals surface area (Å²) in [7, 11) is 1.58. The normalized spacial score (nSPS) is 11.7. The summed E-state index contributed by atoms with van der Waals surface area (Å²) in [5, 5.41) is 21.5. The van der Waals surface area contributed by atoms with Gasteiger partial charge in [-0.15, -0.1) is 0 Å². The first-order valence-electron chi connectivity index (χ1n) is 10.3. The van der Waals surface area contributed by atoms with Crippen molar-refractivity contribution < 1.29 is 29.3 Å². The number of hydrogen-bond acceptors (Lipinski definition) is 5. The van der Waals surface area contributed by atoms with Gasteiger partial charge in [-0.05, 0) is 69.9 Å². The van der Waals surface area contributed by atoms with Crippen molar-refractivity contribution in [2.75, 3.05) is 7.11 Å². The fraction of sp³-hybridized carbons (Fsp3) is 0.111. The van der Waals surface area contributed by atoms with Crippen molar-refractivity contribution in [3.8, 4) is 5.75 Å². The lowest BCUT2D eigenvalue weighted by Crippen LogP contribution is -2.05. The summed E-state index contributed by atoms with van der Waals surface area (Å²) in [6.45, 7) is 0.124. The van der Waals surface area contributed by atoms with Crippen LogP contribution in [0.15, 0.2) is 84.9 Å². The number of benzene rings is 4. The van der Waals surface area contributed by atoms with E-state index in [0.29, 0.717) is 22.4 Å². The van der Waals surface area contributed by atoms with Crippen LogP contribution in [0.25, 0.3) is 10.8 Å². The average Bonchev–Trinajstić information content (AvgIpc) is 2.86. The first kappa shape index (κ1) is 22.0. The number of aromatic carboxylic acids is 1. The van der Waals surface area contributed by atoms with E-state index in [1.54, 1.807) is 37.4 Å². The molecule has 4 aromatic rings. The van der Waals surface area contributed by atoms with E-state index in [-0.39, 0.29) is 12.2 Å². The fourth-order valence-corrected chi connectivity index (χ4v) is 3.56. The maximum Gasteiger partial charge on any atom is 0.338 e. The summed E-state index contributed by atoms with van der Waals surface area (Å²) in [6.07, 6.45) is -0.930. The molecule has 0 spiro atoms. The monoisotopic (exact) mass is 442 g/mol. The predicted octanol–water partition coefficient (Wildman–Crippen LogP) is 4.99. The summed E-state index contributed by atoms with van der Waals surface area (Å²) in [5.41, 5.74) is 2.59. The number of methoxy groups -OCH3 is 1. The van der Waals surface area contributed by atoms with Crippen LogP contribution in [0, 0.1) is 0 Å². The average molecular weight is 442 g/mol. The Morgan fingerprint density at radius 1 is 0.818 bits per heavy atom. The number of rotatable bonds is 7. The smallest absolute Gasteiger partial charge is 0.338 e. The largest absolute Gasteiger partial charge is 0.497 e. The van der Waals surface area contributed by atoms with Crippen molar-refractivity contribution in [3.05, 3.63) is 113 Å².